The van der Waals surface area contributed by atoms with Crippen molar-refractivity contribution in [3.05, 3.63) is 35.4 Å². The molecule has 0 spiro atoms. The van der Waals surface area contributed by atoms with Crippen molar-refractivity contribution in [1.82, 2.24) is 10.2 Å². The zero-order chi connectivity index (χ0) is 15.5. The fourth-order valence-electron chi connectivity index (χ4n) is 3.68. The van der Waals surface area contributed by atoms with Crippen molar-refractivity contribution in [2.75, 3.05) is 12.8 Å². The topological polar surface area (TPSA) is 32.3 Å². The molecule has 0 radical (unpaired) electrons. The lowest BCUT2D eigenvalue weighted by atomic mass is 9.98. The highest BCUT2D eigenvalue weighted by atomic mass is 32.2. The van der Waals surface area contributed by atoms with Gasteiger partial charge in [0.15, 0.2) is 0 Å². The van der Waals surface area contributed by atoms with Crippen LogP contribution in [-0.2, 0) is 5.75 Å². The molecule has 2 unspecified atom stereocenters. The summed E-state index contributed by atoms with van der Waals surface area (Å²) in [6.07, 6.45) is 4.74. The Hall–Kier alpha value is -1.00. The Balaban J connectivity index is 1.62. The van der Waals surface area contributed by atoms with Gasteiger partial charge in [-0.2, -0.15) is 11.8 Å². The Labute approximate surface area is 137 Å². The van der Waals surface area contributed by atoms with Crippen LogP contribution in [0, 0.1) is 0 Å². The molecular formula is C18H26N2OS. The molecule has 2 heterocycles. The zero-order valence-corrected chi connectivity index (χ0v) is 14.4. The first-order valence-electron chi connectivity index (χ1n) is 8.37. The first-order valence-corrected chi connectivity index (χ1v) is 9.52. The van der Waals surface area contributed by atoms with Gasteiger partial charge >= 0.3 is 0 Å². The number of nitrogens with zero attached hydrogens (tertiary/aromatic N) is 1. The third kappa shape index (κ3) is 3.49. The minimum Gasteiger partial charge on any atom is -0.339 e. The first-order chi connectivity index (χ1) is 10.7. The van der Waals surface area contributed by atoms with Crippen molar-refractivity contribution < 1.29 is 4.79 Å². The van der Waals surface area contributed by atoms with E-state index in [4.69, 9.17) is 0 Å². The first kappa shape index (κ1) is 15.9. The molecule has 1 aromatic carbocycles. The molecule has 2 saturated heterocycles. The zero-order valence-electron chi connectivity index (χ0n) is 13.5. The number of rotatable bonds is 5. The average molecular weight is 318 g/mol. The Morgan fingerprint density at radius 1 is 1.23 bits per heavy atom. The highest BCUT2D eigenvalue weighted by Gasteiger charge is 2.36. The summed E-state index contributed by atoms with van der Waals surface area (Å²) in [4.78, 5) is 14.7. The number of nitrogens with one attached hydrogen (secondary N) is 1. The van der Waals surface area contributed by atoms with Crippen LogP contribution in [0.3, 0.4) is 0 Å². The van der Waals surface area contributed by atoms with E-state index in [-0.39, 0.29) is 5.91 Å². The Morgan fingerprint density at radius 2 is 1.86 bits per heavy atom. The molecule has 3 nitrogen and oxygen atoms in total. The third-order valence-corrected chi connectivity index (χ3v) is 5.94. The second-order valence-corrected chi connectivity index (χ2v) is 7.79. The second-order valence-electron chi connectivity index (χ2n) is 6.51. The van der Waals surface area contributed by atoms with Gasteiger partial charge in [-0.05, 0) is 49.1 Å². The molecule has 1 amide bonds. The minimum atomic E-state index is 0.168. The molecule has 2 bridgehead atoms. The van der Waals surface area contributed by atoms with Crippen LogP contribution in [0.1, 0.15) is 48.5 Å². The molecule has 2 aliphatic heterocycles. The smallest absolute Gasteiger partial charge is 0.253 e. The Morgan fingerprint density at radius 3 is 2.45 bits per heavy atom. The van der Waals surface area contributed by atoms with Gasteiger partial charge in [0, 0.05) is 36.5 Å². The SMILES string of the molecule is CCSCc1ccc(C(=O)N(C)C2CC3CCC(C2)N3)cc1. The Kier molecular flexibility index (Phi) is 5.09. The van der Waals surface area contributed by atoms with E-state index < -0.39 is 0 Å². The van der Waals surface area contributed by atoms with Crippen molar-refractivity contribution >= 4 is 17.7 Å². The summed E-state index contributed by atoms with van der Waals surface area (Å²) in [6, 6.07) is 9.78. The van der Waals surface area contributed by atoms with E-state index in [1.165, 1.54) is 18.4 Å². The lowest BCUT2D eigenvalue weighted by molar-refractivity contribution is 0.0681. The summed E-state index contributed by atoms with van der Waals surface area (Å²) in [5, 5.41) is 3.64. The Bertz CT molecular complexity index is 504. The maximum Gasteiger partial charge on any atom is 0.253 e. The van der Waals surface area contributed by atoms with Crippen LogP contribution in [0.25, 0.3) is 0 Å². The van der Waals surface area contributed by atoms with E-state index >= 15 is 0 Å². The van der Waals surface area contributed by atoms with Crippen molar-refractivity contribution in [1.29, 1.82) is 0 Å². The average Bonchev–Trinajstić information content (AvgIpc) is 2.90. The summed E-state index contributed by atoms with van der Waals surface area (Å²) >= 11 is 1.91. The molecule has 4 heteroatoms. The number of hydrogen-bond acceptors (Lipinski definition) is 3. The summed E-state index contributed by atoms with van der Waals surface area (Å²) in [7, 11) is 1.97. The van der Waals surface area contributed by atoms with Crippen LogP contribution in [0.5, 0.6) is 0 Å². The van der Waals surface area contributed by atoms with E-state index in [1.807, 2.05) is 35.8 Å². The number of fused-ring (bicyclic) bond motifs is 2. The van der Waals surface area contributed by atoms with E-state index in [0.717, 1.165) is 29.9 Å². The number of carbonyl (C=O) groups excluding carboxylic acids is 1. The fourth-order valence-corrected chi connectivity index (χ4v) is 4.31. The molecule has 2 atom stereocenters. The van der Waals surface area contributed by atoms with Gasteiger partial charge in [-0.1, -0.05) is 19.1 Å². The largest absolute Gasteiger partial charge is 0.339 e. The second kappa shape index (κ2) is 7.05. The lowest BCUT2D eigenvalue weighted by Crippen LogP contribution is -2.48. The van der Waals surface area contributed by atoms with Gasteiger partial charge in [0.2, 0.25) is 0 Å². The van der Waals surface area contributed by atoms with Crippen LogP contribution in [0.15, 0.2) is 24.3 Å². The standard InChI is InChI=1S/C18H26N2OS/c1-3-22-12-13-4-6-14(7-5-13)18(21)20(2)17-10-15-8-9-16(11-17)19-15/h4-7,15-17,19H,3,8-12H2,1-2H3. The number of carbonyl (C=O) groups is 1. The molecule has 0 aromatic heterocycles. The van der Waals surface area contributed by atoms with Gasteiger partial charge in [0.05, 0.1) is 0 Å². The lowest BCUT2D eigenvalue weighted by Gasteiger charge is -2.35. The molecule has 1 N–H and O–H groups in total. The van der Waals surface area contributed by atoms with Crippen LogP contribution >= 0.6 is 11.8 Å². The maximum absolute atomic E-state index is 12.7. The summed E-state index contributed by atoms with van der Waals surface area (Å²) in [6.45, 7) is 2.17. The van der Waals surface area contributed by atoms with E-state index in [2.05, 4.69) is 24.4 Å². The van der Waals surface area contributed by atoms with Crippen molar-refractivity contribution in [3.63, 3.8) is 0 Å². The fraction of sp³-hybridized carbons (Fsp3) is 0.611. The monoisotopic (exact) mass is 318 g/mol. The maximum atomic E-state index is 12.7. The minimum absolute atomic E-state index is 0.168. The van der Waals surface area contributed by atoms with Gasteiger partial charge in [0.1, 0.15) is 0 Å². The predicted molar refractivity (Wildman–Crippen MR) is 93.3 cm³/mol. The third-order valence-electron chi connectivity index (χ3n) is 4.99. The normalized spacial score (nSPS) is 26.9. The molecule has 0 aliphatic carbocycles. The van der Waals surface area contributed by atoms with Crippen molar-refractivity contribution in [3.8, 4) is 0 Å². The molecule has 1 aromatic rings. The van der Waals surface area contributed by atoms with Crippen LogP contribution in [0.4, 0.5) is 0 Å². The highest BCUT2D eigenvalue weighted by molar-refractivity contribution is 7.98. The number of hydrogen-bond donors (Lipinski definition) is 1. The quantitative estimate of drug-likeness (QED) is 0.904. The van der Waals surface area contributed by atoms with Gasteiger partial charge in [0.25, 0.3) is 5.91 Å². The van der Waals surface area contributed by atoms with Gasteiger partial charge in [-0.3, -0.25) is 4.79 Å². The molecule has 2 aliphatic rings. The van der Waals surface area contributed by atoms with Gasteiger partial charge in [-0.15, -0.1) is 0 Å². The molecule has 3 rings (SSSR count). The summed E-state index contributed by atoms with van der Waals surface area (Å²) in [5.41, 5.74) is 2.12. The summed E-state index contributed by atoms with van der Waals surface area (Å²) in [5.74, 6) is 2.32. The number of amides is 1. The van der Waals surface area contributed by atoms with Crippen LogP contribution < -0.4 is 5.32 Å². The van der Waals surface area contributed by atoms with Crippen molar-refractivity contribution in [2.45, 2.75) is 56.5 Å². The van der Waals surface area contributed by atoms with E-state index in [1.54, 1.807) is 0 Å². The highest BCUT2D eigenvalue weighted by Crippen LogP contribution is 2.29. The van der Waals surface area contributed by atoms with Gasteiger partial charge < -0.3 is 10.2 Å². The number of thioether (sulfide) groups is 1. The molecule has 22 heavy (non-hydrogen) atoms. The van der Waals surface area contributed by atoms with E-state index in [9.17, 15) is 4.79 Å². The number of benzene rings is 1. The molecular weight excluding hydrogens is 292 g/mol. The molecule has 0 saturated carbocycles. The van der Waals surface area contributed by atoms with Crippen LogP contribution in [-0.4, -0.2) is 41.7 Å². The molecule has 120 valence electrons. The predicted octanol–water partition coefficient (Wildman–Crippen LogP) is 3.29. The van der Waals surface area contributed by atoms with Gasteiger partial charge in [-0.25, -0.2) is 0 Å². The van der Waals surface area contributed by atoms with Crippen molar-refractivity contribution in [2.24, 2.45) is 0 Å². The van der Waals surface area contributed by atoms with Crippen LogP contribution in [0.2, 0.25) is 0 Å². The number of piperidine rings is 1. The van der Waals surface area contributed by atoms with E-state index in [0.29, 0.717) is 18.1 Å². The molecule has 2 fully saturated rings. The summed E-state index contributed by atoms with van der Waals surface area (Å²) < 4.78 is 0.